The normalized spacial score (nSPS) is 18.5. The molecule has 1 atom stereocenters. The highest BCUT2D eigenvalue weighted by molar-refractivity contribution is 7.89. The van der Waals surface area contributed by atoms with Crippen LogP contribution >= 0.6 is 0 Å². The van der Waals surface area contributed by atoms with Crippen molar-refractivity contribution in [3.63, 3.8) is 0 Å². The van der Waals surface area contributed by atoms with Gasteiger partial charge in [-0.15, -0.1) is 0 Å². The molecule has 3 rings (SSSR count). The van der Waals surface area contributed by atoms with Crippen LogP contribution in [0.1, 0.15) is 17.3 Å². The molecule has 0 radical (unpaired) electrons. The molecule has 26 heavy (non-hydrogen) atoms. The SMILES string of the molecule is COC(=O)c1ccc(N2CCN(S(=O)(=O)c3ccccc3)C(C)C2)cc1. The van der Waals surface area contributed by atoms with Crippen molar-refractivity contribution in [2.24, 2.45) is 0 Å². The van der Waals surface area contributed by atoms with Gasteiger partial charge in [-0.2, -0.15) is 4.31 Å². The average molecular weight is 374 g/mol. The van der Waals surface area contributed by atoms with E-state index in [1.54, 1.807) is 46.8 Å². The van der Waals surface area contributed by atoms with Gasteiger partial charge in [0.25, 0.3) is 0 Å². The van der Waals surface area contributed by atoms with Gasteiger partial charge in [0, 0.05) is 31.4 Å². The molecule has 1 heterocycles. The molecule has 1 aliphatic rings. The van der Waals surface area contributed by atoms with Crippen molar-refractivity contribution in [3.8, 4) is 0 Å². The van der Waals surface area contributed by atoms with Gasteiger partial charge in [0.15, 0.2) is 0 Å². The van der Waals surface area contributed by atoms with Crippen LogP contribution < -0.4 is 4.90 Å². The Morgan fingerprint density at radius 3 is 2.27 bits per heavy atom. The summed E-state index contributed by atoms with van der Waals surface area (Å²) in [6.07, 6.45) is 0. The number of nitrogens with zero attached hydrogens (tertiary/aromatic N) is 2. The zero-order valence-corrected chi connectivity index (χ0v) is 15.6. The van der Waals surface area contributed by atoms with Gasteiger partial charge in [-0.1, -0.05) is 18.2 Å². The van der Waals surface area contributed by atoms with Crippen LogP contribution in [0.5, 0.6) is 0 Å². The Kier molecular flexibility index (Phi) is 5.29. The maximum absolute atomic E-state index is 12.8. The molecular formula is C19H22N2O4S. The third kappa shape index (κ3) is 3.59. The number of carbonyl (C=O) groups excluding carboxylic acids is 1. The number of hydrogen-bond acceptors (Lipinski definition) is 5. The summed E-state index contributed by atoms with van der Waals surface area (Å²) < 4.78 is 32.0. The fraction of sp³-hybridized carbons (Fsp3) is 0.316. The first-order valence-corrected chi connectivity index (χ1v) is 9.87. The van der Waals surface area contributed by atoms with Crippen LogP contribution in [-0.2, 0) is 14.8 Å². The Bertz CT molecular complexity index is 866. The zero-order valence-electron chi connectivity index (χ0n) is 14.8. The van der Waals surface area contributed by atoms with Crippen molar-refractivity contribution in [1.29, 1.82) is 0 Å². The topological polar surface area (TPSA) is 66.9 Å². The minimum Gasteiger partial charge on any atom is -0.465 e. The van der Waals surface area contributed by atoms with Gasteiger partial charge in [-0.05, 0) is 43.3 Å². The summed E-state index contributed by atoms with van der Waals surface area (Å²) in [7, 11) is -2.14. The molecule has 0 N–H and O–H groups in total. The van der Waals surface area contributed by atoms with Crippen molar-refractivity contribution in [1.82, 2.24) is 4.31 Å². The largest absolute Gasteiger partial charge is 0.465 e. The first kappa shape index (κ1) is 18.4. The van der Waals surface area contributed by atoms with E-state index >= 15 is 0 Å². The van der Waals surface area contributed by atoms with Crippen LogP contribution in [0, 0.1) is 0 Å². The minimum absolute atomic E-state index is 0.158. The Labute approximate surface area is 154 Å². The number of hydrogen-bond donors (Lipinski definition) is 0. The number of ether oxygens (including phenoxy) is 1. The molecule has 0 aromatic heterocycles. The van der Waals surface area contributed by atoms with E-state index in [-0.39, 0.29) is 12.0 Å². The Morgan fingerprint density at radius 1 is 1.04 bits per heavy atom. The summed E-state index contributed by atoms with van der Waals surface area (Å²) in [4.78, 5) is 14.0. The van der Waals surface area contributed by atoms with Gasteiger partial charge >= 0.3 is 5.97 Å². The number of esters is 1. The van der Waals surface area contributed by atoms with Gasteiger partial charge in [0.2, 0.25) is 10.0 Å². The smallest absolute Gasteiger partial charge is 0.337 e. The summed E-state index contributed by atoms with van der Waals surface area (Å²) in [5.74, 6) is -0.372. The molecule has 0 spiro atoms. The molecule has 1 saturated heterocycles. The predicted octanol–water partition coefficient (Wildman–Crippen LogP) is 2.37. The zero-order chi connectivity index (χ0) is 18.7. The molecule has 1 aliphatic heterocycles. The van der Waals surface area contributed by atoms with E-state index in [1.807, 2.05) is 19.1 Å². The Balaban J connectivity index is 1.73. The molecule has 0 amide bonds. The van der Waals surface area contributed by atoms with Crippen LogP contribution in [0.4, 0.5) is 5.69 Å². The van der Waals surface area contributed by atoms with E-state index in [9.17, 15) is 13.2 Å². The molecular weight excluding hydrogens is 352 g/mol. The van der Waals surface area contributed by atoms with Gasteiger partial charge in [0.05, 0.1) is 17.6 Å². The van der Waals surface area contributed by atoms with Gasteiger partial charge in [0.1, 0.15) is 0 Å². The number of benzene rings is 2. The predicted molar refractivity (Wildman–Crippen MR) is 99.8 cm³/mol. The fourth-order valence-electron chi connectivity index (χ4n) is 3.19. The fourth-order valence-corrected chi connectivity index (χ4v) is 4.82. The highest BCUT2D eigenvalue weighted by Gasteiger charge is 2.33. The van der Waals surface area contributed by atoms with Crippen LogP contribution in [-0.4, -0.2) is 51.5 Å². The van der Waals surface area contributed by atoms with Crippen molar-refractivity contribution < 1.29 is 17.9 Å². The quantitative estimate of drug-likeness (QED) is 0.769. The maximum atomic E-state index is 12.8. The van der Waals surface area contributed by atoms with E-state index in [0.29, 0.717) is 30.1 Å². The van der Waals surface area contributed by atoms with Gasteiger partial charge in [-0.3, -0.25) is 0 Å². The number of rotatable bonds is 4. The summed E-state index contributed by atoms with van der Waals surface area (Å²) in [5.41, 5.74) is 1.45. The maximum Gasteiger partial charge on any atom is 0.337 e. The molecule has 1 fully saturated rings. The van der Waals surface area contributed by atoms with Gasteiger partial charge < -0.3 is 9.64 Å². The van der Waals surface area contributed by atoms with E-state index in [1.165, 1.54) is 7.11 Å². The first-order valence-electron chi connectivity index (χ1n) is 8.43. The lowest BCUT2D eigenvalue weighted by atomic mass is 10.1. The lowest BCUT2D eigenvalue weighted by Crippen LogP contribution is -2.54. The highest BCUT2D eigenvalue weighted by atomic mass is 32.2. The number of methoxy groups -OCH3 is 1. The molecule has 1 unspecified atom stereocenters. The number of sulfonamides is 1. The highest BCUT2D eigenvalue weighted by Crippen LogP contribution is 2.24. The monoisotopic (exact) mass is 374 g/mol. The van der Waals surface area contributed by atoms with E-state index in [0.717, 1.165) is 5.69 Å². The van der Waals surface area contributed by atoms with Crippen molar-refractivity contribution in [2.45, 2.75) is 17.9 Å². The second-order valence-electron chi connectivity index (χ2n) is 6.26. The number of anilines is 1. The second-order valence-corrected chi connectivity index (χ2v) is 8.15. The van der Waals surface area contributed by atoms with Crippen molar-refractivity contribution in [3.05, 3.63) is 60.2 Å². The lowest BCUT2D eigenvalue weighted by molar-refractivity contribution is 0.0600. The number of piperazine rings is 1. The Morgan fingerprint density at radius 2 is 1.69 bits per heavy atom. The lowest BCUT2D eigenvalue weighted by Gasteiger charge is -2.40. The summed E-state index contributed by atoms with van der Waals surface area (Å²) in [6.45, 7) is 3.50. The Hall–Kier alpha value is -2.38. The molecule has 6 nitrogen and oxygen atoms in total. The molecule has 7 heteroatoms. The first-order chi connectivity index (χ1) is 12.4. The van der Waals surface area contributed by atoms with Crippen molar-refractivity contribution in [2.75, 3.05) is 31.6 Å². The van der Waals surface area contributed by atoms with Crippen LogP contribution in [0.25, 0.3) is 0 Å². The second kappa shape index (κ2) is 7.47. The number of carbonyl (C=O) groups is 1. The van der Waals surface area contributed by atoms with Crippen LogP contribution in [0.15, 0.2) is 59.5 Å². The van der Waals surface area contributed by atoms with Crippen LogP contribution in [0.2, 0.25) is 0 Å². The minimum atomic E-state index is -3.49. The van der Waals surface area contributed by atoms with E-state index in [2.05, 4.69) is 4.90 Å². The summed E-state index contributed by atoms with van der Waals surface area (Å²) in [5, 5.41) is 0. The average Bonchev–Trinajstić information content (AvgIpc) is 2.68. The molecule has 138 valence electrons. The standard InChI is InChI=1S/C19H22N2O4S/c1-15-14-20(17-10-8-16(9-11-17)19(22)25-2)12-13-21(15)26(23,24)18-6-4-3-5-7-18/h3-11,15H,12-14H2,1-2H3. The molecule has 0 aliphatic carbocycles. The molecule has 0 bridgehead atoms. The molecule has 0 saturated carbocycles. The molecule has 2 aromatic rings. The molecule has 2 aromatic carbocycles. The van der Waals surface area contributed by atoms with E-state index in [4.69, 9.17) is 4.74 Å². The third-order valence-electron chi connectivity index (χ3n) is 4.57. The summed E-state index contributed by atoms with van der Waals surface area (Å²) in [6, 6.07) is 15.5. The van der Waals surface area contributed by atoms with Crippen LogP contribution in [0.3, 0.4) is 0 Å². The van der Waals surface area contributed by atoms with Crippen molar-refractivity contribution >= 4 is 21.7 Å². The third-order valence-corrected chi connectivity index (χ3v) is 6.60. The van der Waals surface area contributed by atoms with E-state index < -0.39 is 10.0 Å². The van der Waals surface area contributed by atoms with Gasteiger partial charge in [-0.25, -0.2) is 13.2 Å². The summed E-state index contributed by atoms with van der Waals surface area (Å²) >= 11 is 0.